The quantitative estimate of drug-likeness (QED) is 0.554. The van der Waals surface area contributed by atoms with Crippen LogP contribution in [0.2, 0.25) is 0 Å². The third kappa shape index (κ3) is 2.88. The molecular formula is C13H19FN4O4. The van der Waals surface area contributed by atoms with Crippen molar-refractivity contribution in [3.8, 4) is 0 Å². The van der Waals surface area contributed by atoms with E-state index < -0.39 is 30.2 Å². The van der Waals surface area contributed by atoms with Crippen molar-refractivity contribution in [2.45, 2.75) is 31.3 Å². The minimum absolute atomic E-state index is 0.00781. The largest absolute Gasteiger partial charge is 0.394 e. The zero-order valence-electron chi connectivity index (χ0n) is 12.3. The number of hydrogen-bond donors (Lipinski definition) is 4. The van der Waals surface area contributed by atoms with Crippen LogP contribution >= 0.6 is 0 Å². The molecular weight excluding hydrogens is 295 g/mol. The summed E-state index contributed by atoms with van der Waals surface area (Å²) in [6, 6.07) is 0. The number of rotatable bonds is 6. The molecule has 0 fully saturated rings. The number of hydrogen-bond acceptors (Lipinski definition) is 7. The summed E-state index contributed by atoms with van der Waals surface area (Å²) in [6.45, 7) is 0.711. The van der Waals surface area contributed by atoms with Gasteiger partial charge in [-0.1, -0.05) is 0 Å². The molecule has 2 rings (SSSR count). The Morgan fingerprint density at radius 2 is 2.18 bits per heavy atom. The predicted octanol–water partition coefficient (Wildman–Crippen LogP) is -0.728. The van der Waals surface area contributed by atoms with Gasteiger partial charge in [0.2, 0.25) is 0 Å². The van der Waals surface area contributed by atoms with Crippen LogP contribution < -0.4 is 5.73 Å². The molecule has 0 aliphatic rings. The third-order valence-electron chi connectivity index (χ3n) is 3.60. The van der Waals surface area contributed by atoms with Gasteiger partial charge < -0.3 is 30.4 Å². The van der Waals surface area contributed by atoms with E-state index in [1.54, 1.807) is 0 Å². The van der Waals surface area contributed by atoms with Crippen molar-refractivity contribution in [2.75, 3.05) is 19.5 Å². The zero-order valence-corrected chi connectivity index (χ0v) is 12.3. The van der Waals surface area contributed by atoms with Crippen molar-refractivity contribution in [1.82, 2.24) is 14.5 Å². The van der Waals surface area contributed by atoms with E-state index in [0.717, 1.165) is 6.20 Å². The van der Waals surface area contributed by atoms with Crippen LogP contribution in [-0.4, -0.2) is 61.4 Å². The first-order valence-electron chi connectivity index (χ1n) is 6.60. The van der Waals surface area contributed by atoms with Crippen molar-refractivity contribution in [2.24, 2.45) is 0 Å². The van der Waals surface area contributed by atoms with Gasteiger partial charge in [0.15, 0.2) is 5.82 Å². The van der Waals surface area contributed by atoms with Crippen LogP contribution in [0.15, 0.2) is 12.5 Å². The molecule has 9 heteroatoms. The Morgan fingerprint density at radius 1 is 1.50 bits per heavy atom. The molecule has 0 saturated heterocycles. The minimum atomic E-state index is -1.69. The summed E-state index contributed by atoms with van der Waals surface area (Å²) in [5.74, 6) is -0.629. The molecule has 2 heterocycles. The fraction of sp³-hybridized carbons (Fsp3) is 0.538. The van der Waals surface area contributed by atoms with Crippen LogP contribution in [0.5, 0.6) is 0 Å². The zero-order chi connectivity index (χ0) is 16.5. The summed E-state index contributed by atoms with van der Waals surface area (Å²) in [6.07, 6.45) is -0.0502. The maximum absolute atomic E-state index is 13.9. The van der Waals surface area contributed by atoms with E-state index in [2.05, 4.69) is 9.97 Å². The molecule has 0 bridgehead atoms. The number of anilines is 1. The molecule has 1 unspecified atom stereocenters. The predicted molar refractivity (Wildman–Crippen MR) is 76.4 cm³/mol. The molecule has 0 saturated carbocycles. The lowest BCUT2D eigenvalue weighted by atomic mass is 9.94. The lowest BCUT2D eigenvalue weighted by Crippen LogP contribution is -2.51. The van der Waals surface area contributed by atoms with Crippen LogP contribution in [0, 0.1) is 5.82 Å². The summed E-state index contributed by atoms with van der Waals surface area (Å²) < 4.78 is 20.2. The number of nitrogen functional groups attached to an aromatic ring is 1. The number of aromatic nitrogens is 3. The molecule has 8 nitrogen and oxygen atoms in total. The molecule has 22 heavy (non-hydrogen) atoms. The molecule has 2 aromatic rings. The van der Waals surface area contributed by atoms with Crippen LogP contribution in [0.4, 0.5) is 10.2 Å². The summed E-state index contributed by atoms with van der Waals surface area (Å²) in [4.78, 5) is 7.67. The Balaban J connectivity index is 2.36. The van der Waals surface area contributed by atoms with E-state index in [9.17, 15) is 14.6 Å². The summed E-state index contributed by atoms with van der Waals surface area (Å²) in [5.41, 5.74) is 4.13. The smallest absolute Gasteiger partial charge is 0.154 e. The molecule has 2 aromatic heterocycles. The molecule has 0 aliphatic carbocycles. The van der Waals surface area contributed by atoms with E-state index in [4.69, 9.17) is 15.6 Å². The summed E-state index contributed by atoms with van der Waals surface area (Å²) in [7, 11) is 1.30. The fourth-order valence-electron chi connectivity index (χ4n) is 2.36. The topological polar surface area (TPSA) is 127 Å². The first-order valence-corrected chi connectivity index (χ1v) is 6.60. The summed E-state index contributed by atoms with van der Waals surface area (Å²) >= 11 is 0. The number of aliphatic hydroxyl groups is 3. The Labute approximate surface area is 126 Å². The Morgan fingerprint density at radius 3 is 2.77 bits per heavy atom. The molecule has 0 spiro atoms. The second-order valence-corrected chi connectivity index (χ2v) is 5.32. The molecule has 122 valence electrons. The van der Waals surface area contributed by atoms with E-state index in [-0.39, 0.29) is 23.4 Å². The highest BCUT2D eigenvalue weighted by Crippen LogP contribution is 2.25. The van der Waals surface area contributed by atoms with Gasteiger partial charge in [-0.25, -0.2) is 14.4 Å². The van der Waals surface area contributed by atoms with Crippen molar-refractivity contribution in [3.05, 3.63) is 18.3 Å². The Kier molecular flexibility index (Phi) is 4.61. The molecule has 0 amide bonds. The average molecular weight is 314 g/mol. The number of nitrogens with two attached hydrogens (primary N) is 1. The highest BCUT2D eigenvalue weighted by molar-refractivity contribution is 5.86. The molecule has 0 radical (unpaired) electrons. The molecule has 5 N–H and O–H groups in total. The van der Waals surface area contributed by atoms with Crippen molar-refractivity contribution < 1.29 is 24.4 Å². The van der Waals surface area contributed by atoms with E-state index in [1.165, 1.54) is 24.9 Å². The highest BCUT2D eigenvalue weighted by atomic mass is 19.1. The van der Waals surface area contributed by atoms with Gasteiger partial charge in [0.05, 0.1) is 18.5 Å². The standard InChI is InChI=1S/C13H19FN4O4/c1-13(21,10(20)8(4-19)22-2)5-18-3-7(14)9-11(15)16-6-17-12(9)18/h3,6,8,10,19-21H,4-5H2,1-2H3,(H2,15,16,17)/t8?,10-,13+/m0/s1. The lowest BCUT2D eigenvalue weighted by molar-refractivity contribution is -0.142. The van der Waals surface area contributed by atoms with Gasteiger partial charge >= 0.3 is 0 Å². The van der Waals surface area contributed by atoms with Crippen LogP contribution in [0.3, 0.4) is 0 Å². The second kappa shape index (κ2) is 6.13. The van der Waals surface area contributed by atoms with Gasteiger partial charge in [-0.3, -0.25) is 0 Å². The first kappa shape index (κ1) is 16.6. The monoisotopic (exact) mass is 314 g/mol. The molecule has 0 aliphatic heterocycles. The maximum Gasteiger partial charge on any atom is 0.154 e. The van der Waals surface area contributed by atoms with Crippen molar-refractivity contribution >= 4 is 16.9 Å². The molecule has 0 aromatic carbocycles. The van der Waals surface area contributed by atoms with Gasteiger partial charge in [0, 0.05) is 13.3 Å². The number of ether oxygens (including phenoxy) is 1. The SMILES string of the molecule is COC(CO)[C@H](O)[C@](C)(O)Cn1cc(F)c2c(N)ncnc21. The molecule has 3 atom stereocenters. The summed E-state index contributed by atoms with van der Waals surface area (Å²) in [5, 5.41) is 29.8. The van der Waals surface area contributed by atoms with E-state index in [1.807, 2.05) is 0 Å². The van der Waals surface area contributed by atoms with Crippen LogP contribution in [0.1, 0.15) is 6.92 Å². The van der Waals surface area contributed by atoms with Gasteiger partial charge in [0.25, 0.3) is 0 Å². The number of halogens is 1. The van der Waals surface area contributed by atoms with Crippen molar-refractivity contribution in [3.63, 3.8) is 0 Å². The number of fused-ring (bicyclic) bond motifs is 1. The third-order valence-corrected chi connectivity index (χ3v) is 3.60. The van der Waals surface area contributed by atoms with E-state index in [0.29, 0.717) is 0 Å². The normalized spacial score (nSPS) is 17.4. The van der Waals surface area contributed by atoms with Crippen molar-refractivity contribution in [1.29, 1.82) is 0 Å². The second-order valence-electron chi connectivity index (χ2n) is 5.32. The highest BCUT2D eigenvalue weighted by Gasteiger charge is 2.37. The Hall–Kier alpha value is -1.81. The number of methoxy groups -OCH3 is 1. The number of nitrogens with zero attached hydrogens (tertiary/aromatic N) is 3. The van der Waals surface area contributed by atoms with Gasteiger partial charge in [0.1, 0.15) is 35.6 Å². The fourth-order valence-corrected chi connectivity index (χ4v) is 2.36. The van der Waals surface area contributed by atoms with Gasteiger partial charge in [-0.05, 0) is 6.92 Å². The average Bonchev–Trinajstić information content (AvgIpc) is 2.77. The van der Waals surface area contributed by atoms with Crippen LogP contribution in [-0.2, 0) is 11.3 Å². The van der Waals surface area contributed by atoms with Gasteiger partial charge in [-0.15, -0.1) is 0 Å². The van der Waals surface area contributed by atoms with Gasteiger partial charge in [-0.2, -0.15) is 0 Å². The Bertz CT molecular complexity index is 657. The lowest BCUT2D eigenvalue weighted by Gasteiger charge is -2.33. The number of aliphatic hydroxyl groups excluding tert-OH is 2. The maximum atomic E-state index is 13.9. The first-order chi connectivity index (χ1) is 10.3. The van der Waals surface area contributed by atoms with E-state index >= 15 is 0 Å². The van der Waals surface area contributed by atoms with Crippen LogP contribution in [0.25, 0.3) is 11.0 Å². The minimum Gasteiger partial charge on any atom is -0.394 e.